The fourth-order valence-corrected chi connectivity index (χ4v) is 4.41. The number of anilines is 1. The maximum Gasteiger partial charge on any atom is 0.191 e. The number of Topliss-reactive ketones (excluding diaryl/α,β-unsaturated/α-hetero) is 1. The number of halogens is 1. The number of nitrogens with one attached hydrogen (secondary N) is 2. The van der Waals surface area contributed by atoms with Crippen molar-refractivity contribution >= 4 is 34.0 Å². The molecule has 1 atom stereocenters. The van der Waals surface area contributed by atoms with Crippen LogP contribution in [0.15, 0.2) is 54.7 Å². The van der Waals surface area contributed by atoms with Gasteiger partial charge in [-0.2, -0.15) is 0 Å². The van der Waals surface area contributed by atoms with Crippen molar-refractivity contribution in [2.45, 2.75) is 26.8 Å². The van der Waals surface area contributed by atoms with Crippen molar-refractivity contribution in [1.29, 1.82) is 0 Å². The van der Waals surface area contributed by atoms with Gasteiger partial charge in [-0.25, -0.2) is 0 Å². The second-order valence-electron chi connectivity index (χ2n) is 8.60. The lowest BCUT2D eigenvalue weighted by atomic mass is 9.93. The van der Waals surface area contributed by atoms with Crippen molar-refractivity contribution in [3.8, 4) is 11.5 Å². The first-order chi connectivity index (χ1) is 16.8. The Morgan fingerprint density at radius 3 is 2.49 bits per heavy atom. The number of aliphatic hydroxyl groups excluding tert-OH is 1. The molecule has 4 rings (SSSR count). The van der Waals surface area contributed by atoms with Crippen LogP contribution in [0.3, 0.4) is 0 Å². The number of carbonyl (C=O) groups excluding carboxylic acids is 1. The van der Waals surface area contributed by atoms with Crippen molar-refractivity contribution in [3.63, 3.8) is 0 Å². The molecule has 0 aliphatic carbocycles. The number of ketones is 1. The number of methoxy groups -OCH3 is 1. The molecule has 0 saturated heterocycles. The first-order valence-electron chi connectivity index (χ1n) is 11.4. The number of hydrogen-bond acceptors (Lipinski definition) is 5. The first-order valence-corrected chi connectivity index (χ1v) is 11.8. The minimum absolute atomic E-state index is 0.0782. The Labute approximate surface area is 209 Å². The second-order valence-corrected chi connectivity index (χ2v) is 9.03. The molecule has 0 amide bonds. The van der Waals surface area contributed by atoms with E-state index in [1.165, 1.54) is 0 Å². The fourth-order valence-electron chi connectivity index (χ4n) is 4.18. The van der Waals surface area contributed by atoms with E-state index < -0.39 is 6.04 Å². The summed E-state index contributed by atoms with van der Waals surface area (Å²) in [5, 5.41) is 14.0. The molecule has 1 unspecified atom stereocenters. The standard InChI is InChI=1S/C28H29ClN2O4/c1-16-10-24-25(15-30-26(24)11-17(16)2)28(33)27(23-6-5-19(29)9-18(23)3)31-20-12-21(34-4)14-22(13-20)35-8-7-32/h5-6,9-15,27,30-32H,7-8H2,1-4H3. The number of carbonyl (C=O) groups is 1. The highest BCUT2D eigenvalue weighted by Gasteiger charge is 2.26. The van der Waals surface area contributed by atoms with Crippen LogP contribution in [0.25, 0.3) is 10.9 Å². The predicted octanol–water partition coefficient (Wildman–Crippen LogP) is 6.16. The number of hydrogen-bond donors (Lipinski definition) is 3. The molecule has 4 aromatic rings. The molecule has 35 heavy (non-hydrogen) atoms. The van der Waals surface area contributed by atoms with Gasteiger partial charge < -0.3 is 24.9 Å². The summed E-state index contributed by atoms with van der Waals surface area (Å²) in [6.45, 7) is 6.08. The van der Waals surface area contributed by atoms with Gasteiger partial charge in [0.1, 0.15) is 24.1 Å². The second kappa shape index (κ2) is 10.4. The molecule has 0 fully saturated rings. The number of ether oxygens (including phenoxy) is 2. The van der Waals surface area contributed by atoms with E-state index in [1.54, 1.807) is 37.6 Å². The van der Waals surface area contributed by atoms with E-state index >= 15 is 0 Å². The highest BCUT2D eigenvalue weighted by Crippen LogP contribution is 2.34. The number of aromatic amines is 1. The van der Waals surface area contributed by atoms with Gasteiger partial charge in [0.2, 0.25) is 0 Å². The third-order valence-electron chi connectivity index (χ3n) is 6.15. The molecule has 6 nitrogen and oxygen atoms in total. The number of H-pyrrole nitrogens is 1. The van der Waals surface area contributed by atoms with Crippen LogP contribution in [-0.2, 0) is 0 Å². The molecule has 182 valence electrons. The Hall–Kier alpha value is -3.48. The van der Waals surface area contributed by atoms with Crippen molar-refractivity contribution < 1.29 is 19.4 Å². The van der Waals surface area contributed by atoms with Gasteiger partial charge in [-0.3, -0.25) is 4.79 Å². The van der Waals surface area contributed by atoms with Gasteiger partial charge in [0.15, 0.2) is 5.78 Å². The lowest BCUT2D eigenvalue weighted by molar-refractivity contribution is 0.0971. The summed E-state index contributed by atoms with van der Waals surface area (Å²) in [5.41, 5.74) is 6.17. The minimum Gasteiger partial charge on any atom is -0.497 e. The van der Waals surface area contributed by atoms with E-state index in [-0.39, 0.29) is 19.0 Å². The molecule has 0 spiro atoms. The number of aromatic nitrogens is 1. The van der Waals surface area contributed by atoms with E-state index in [1.807, 2.05) is 32.0 Å². The Kier molecular flexibility index (Phi) is 7.34. The summed E-state index contributed by atoms with van der Waals surface area (Å²) in [5.74, 6) is 1.02. The van der Waals surface area contributed by atoms with Gasteiger partial charge in [-0.15, -0.1) is 0 Å². The molecule has 3 aromatic carbocycles. The molecule has 0 radical (unpaired) electrons. The van der Waals surface area contributed by atoms with Gasteiger partial charge in [0.25, 0.3) is 0 Å². The number of benzene rings is 3. The van der Waals surface area contributed by atoms with Crippen LogP contribution < -0.4 is 14.8 Å². The normalized spacial score (nSPS) is 11.9. The molecule has 0 aliphatic heterocycles. The third kappa shape index (κ3) is 5.29. The highest BCUT2D eigenvalue weighted by atomic mass is 35.5. The molecule has 0 bridgehead atoms. The summed E-state index contributed by atoms with van der Waals surface area (Å²) in [6.07, 6.45) is 1.77. The monoisotopic (exact) mass is 492 g/mol. The summed E-state index contributed by atoms with van der Waals surface area (Å²) < 4.78 is 11.0. The largest absolute Gasteiger partial charge is 0.497 e. The average molecular weight is 493 g/mol. The van der Waals surface area contributed by atoms with E-state index in [9.17, 15) is 4.79 Å². The van der Waals surface area contributed by atoms with Crippen LogP contribution in [0.5, 0.6) is 11.5 Å². The number of aliphatic hydroxyl groups is 1. The quantitative estimate of drug-likeness (QED) is 0.244. The highest BCUT2D eigenvalue weighted by molar-refractivity contribution is 6.30. The zero-order chi connectivity index (χ0) is 25.1. The zero-order valence-corrected chi connectivity index (χ0v) is 21.0. The SMILES string of the molecule is COc1cc(NC(C(=O)c2c[nH]c3cc(C)c(C)cc23)c2ccc(Cl)cc2C)cc(OCCO)c1. The molecular weight excluding hydrogens is 464 g/mol. The van der Waals surface area contributed by atoms with Gasteiger partial charge in [-0.1, -0.05) is 17.7 Å². The van der Waals surface area contributed by atoms with Crippen LogP contribution >= 0.6 is 11.6 Å². The van der Waals surface area contributed by atoms with E-state index in [0.29, 0.717) is 27.8 Å². The van der Waals surface area contributed by atoms with Gasteiger partial charge in [0.05, 0.1) is 13.7 Å². The Balaban J connectivity index is 1.80. The van der Waals surface area contributed by atoms with E-state index in [0.717, 1.165) is 33.2 Å². The van der Waals surface area contributed by atoms with Crippen LogP contribution in [-0.4, -0.2) is 36.2 Å². The smallest absolute Gasteiger partial charge is 0.191 e. The Morgan fingerprint density at radius 1 is 1.03 bits per heavy atom. The third-order valence-corrected chi connectivity index (χ3v) is 6.39. The van der Waals surface area contributed by atoms with Gasteiger partial charge in [0, 0.05) is 51.6 Å². The molecule has 1 aromatic heterocycles. The maximum atomic E-state index is 14.1. The lowest BCUT2D eigenvalue weighted by Gasteiger charge is -2.22. The summed E-state index contributed by atoms with van der Waals surface area (Å²) in [4.78, 5) is 17.3. The molecule has 0 saturated carbocycles. The average Bonchev–Trinajstić information content (AvgIpc) is 3.23. The topological polar surface area (TPSA) is 83.6 Å². The van der Waals surface area contributed by atoms with Crippen LogP contribution in [0.2, 0.25) is 5.02 Å². The van der Waals surface area contributed by atoms with E-state index in [2.05, 4.69) is 23.3 Å². The summed E-state index contributed by atoms with van der Waals surface area (Å²) in [6, 6.07) is 14.3. The Morgan fingerprint density at radius 2 is 1.77 bits per heavy atom. The molecule has 7 heteroatoms. The van der Waals surface area contributed by atoms with Crippen molar-refractivity contribution in [2.75, 3.05) is 25.6 Å². The van der Waals surface area contributed by atoms with Crippen LogP contribution in [0, 0.1) is 20.8 Å². The Bertz CT molecular complexity index is 1380. The number of aryl methyl sites for hydroxylation is 3. The van der Waals surface area contributed by atoms with Crippen molar-refractivity contribution in [1.82, 2.24) is 4.98 Å². The van der Waals surface area contributed by atoms with Gasteiger partial charge >= 0.3 is 0 Å². The molecule has 1 heterocycles. The van der Waals surface area contributed by atoms with Crippen molar-refractivity contribution in [3.05, 3.63) is 87.6 Å². The maximum absolute atomic E-state index is 14.1. The van der Waals surface area contributed by atoms with Crippen LogP contribution in [0.4, 0.5) is 5.69 Å². The van der Waals surface area contributed by atoms with Crippen molar-refractivity contribution in [2.24, 2.45) is 0 Å². The van der Waals surface area contributed by atoms with Gasteiger partial charge in [-0.05, 0) is 67.3 Å². The molecule has 0 aliphatic rings. The number of rotatable bonds is 9. The zero-order valence-electron chi connectivity index (χ0n) is 20.2. The predicted molar refractivity (Wildman–Crippen MR) is 140 cm³/mol. The number of fused-ring (bicyclic) bond motifs is 1. The molecular formula is C28H29ClN2O4. The molecule has 3 N–H and O–H groups in total. The summed E-state index contributed by atoms with van der Waals surface area (Å²) in [7, 11) is 1.57. The van der Waals surface area contributed by atoms with E-state index in [4.69, 9.17) is 26.2 Å². The first kappa shape index (κ1) is 24.6. The fraction of sp³-hybridized carbons (Fsp3) is 0.250. The van der Waals surface area contributed by atoms with Crippen LogP contribution in [0.1, 0.15) is 38.7 Å². The summed E-state index contributed by atoms with van der Waals surface area (Å²) >= 11 is 6.22. The lowest BCUT2D eigenvalue weighted by Crippen LogP contribution is -2.22. The minimum atomic E-state index is -0.689.